The maximum Gasteiger partial charge on any atom is 0.0247 e. The quantitative estimate of drug-likeness (QED) is 0.700. The molecule has 14 heavy (non-hydrogen) atoms. The highest BCUT2D eigenvalue weighted by Gasteiger charge is 2.26. The second kappa shape index (κ2) is 5.52. The van der Waals surface area contributed by atoms with E-state index in [1.54, 1.807) is 0 Å². The fourth-order valence-corrected chi connectivity index (χ4v) is 2.24. The Hall–Kier alpha value is -0.340. The van der Waals surface area contributed by atoms with E-state index in [0.29, 0.717) is 6.04 Å². The van der Waals surface area contributed by atoms with Crippen LogP contribution in [0.2, 0.25) is 0 Å². The van der Waals surface area contributed by atoms with Crippen LogP contribution in [-0.2, 0) is 0 Å². The first kappa shape index (κ1) is 11.7. The van der Waals surface area contributed by atoms with E-state index < -0.39 is 0 Å². The van der Waals surface area contributed by atoms with Gasteiger partial charge in [0.25, 0.3) is 0 Å². The highest BCUT2D eigenvalue weighted by Crippen LogP contribution is 2.22. The van der Waals surface area contributed by atoms with Crippen LogP contribution < -0.4 is 5.73 Å². The zero-order valence-electron chi connectivity index (χ0n) is 9.79. The molecule has 1 rings (SSSR count). The van der Waals surface area contributed by atoms with Crippen LogP contribution in [0.15, 0.2) is 11.6 Å². The van der Waals surface area contributed by atoms with E-state index in [0.717, 1.165) is 19.0 Å². The van der Waals surface area contributed by atoms with Gasteiger partial charge in [-0.15, -0.1) is 0 Å². The molecule has 2 N–H and O–H groups in total. The molecule has 1 heterocycles. The number of nitrogens with two attached hydrogens (primary N) is 1. The summed E-state index contributed by atoms with van der Waals surface area (Å²) in [4.78, 5) is 2.53. The predicted molar refractivity (Wildman–Crippen MR) is 62.2 cm³/mol. The van der Waals surface area contributed by atoms with Gasteiger partial charge in [-0.25, -0.2) is 0 Å². The molecule has 2 unspecified atom stereocenters. The van der Waals surface area contributed by atoms with Gasteiger partial charge in [0.15, 0.2) is 0 Å². The van der Waals surface area contributed by atoms with E-state index in [2.05, 4.69) is 31.7 Å². The maximum atomic E-state index is 5.83. The molecule has 1 fully saturated rings. The van der Waals surface area contributed by atoms with Gasteiger partial charge in [0.1, 0.15) is 0 Å². The summed E-state index contributed by atoms with van der Waals surface area (Å²) >= 11 is 0. The molecule has 0 bridgehead atoms. The Bertz CT molecular complexity index is 194. The van der Waals surface area contributed by atoms with Crippen LogP contribution in [0.5, 0.6) is 0 Å². The molecule has 0 amide bonds. The minimum absolute atomic E-state index is 0.597. The summed E-state index contributed by atoms with van der Waals surface area (Å²) < 4.78 is 0. The zero-order chi connectivity index (χ0) is 10.6. The molecule has 0 aromatic heterocycles. The highest BCUT2D eigenvalue weighted by molar-refractivity contribution is 4.97. The molecule has 82 valence electrons. The molecule has 0 aromatic rings. The summed E-state index contributed by atoms with van der Waals surface area (Å²) in [7, 11) is 0. The van der Waals surface area contributed by atoms with Crippen molar-refractivity contribution in [3.05, 3.63) is 11.6 Å². The van der Waals surface area contributed by atoms with Crippen molar-refractivity contribution >= 4 is 0 Å². The van der Waals surface area contributed by atoms with Crippen LogP contribution in [-0.4, -0.2) is 30.6 Å². The van der Waals surface area contributed by atoms with Crippen LogP contribution in [0.25, 0.3) is 0 Å². The van der Waals surface area contributed by atoms with E-state index in [4.69, 9.17) is 5.73 Å². The molecular formula is C12H24N2. The molecule has 0 radical (unpaired) electrons. The third-order valence-corrected chi connectivity index (χ3v) is 3.21. The van der Waals surface area contributed by atoms with Crippen molar-refractivity contribution in [2.75, 3.05) is 19.6 Å². The van der Waals surface area contributed by atoms with Crippen molar-refractivity contribution in [3.63, 3.8) is 0 Å². The lowest BCUT2D eigenvalue weighted by Gasteiger charge is -2.38. The number of allylic oxidation sites excluding steroid dienone is 1. The number of piperidine rings is 1. The van der Waals surface area contributed by atoms with Crippen molar-refractivity contribution in [2.24, 2.45) is 11.7 Å². The van der Waals surface area contributed by atoms with E-state index in [1.165, 1.54) is 25.0 Å². The topological polar surface area (TPSA) is 29.3 Å². The smallest absolute Gasteiger partial charge is 0.0247 e. The van der Waals surface area contributed by atoms with Gasteiger partial charge in [-0.05, 0) is 39.2 Å². The number of hydrogen-bond donors (Lipinski definition) is 1. The van der Waals surface area contributed by atoms with Gasteiger partial charge in [0.2, 0.25) is 0 Å². The van der Waals surface area contributed by atoms with Gasteiger partial charge < -0.3 is 5.73 Å². The third kappa shape index (κ3) is 3.10. The zero-order valence-corrected chi connectivity index (χ0v) is 9.79. The van der Waals surface area contributed by atoms with Gasteiger partial charge in [0.05, 0.1) is 0 Å². The molecule has 2 heteroatoms. The van der Waals surface area contributed by atoms with Crippen LogP contribution >= 0.6 is 0 Å². The Kier molecular flexibility index (Phi) is 4.63. The maximum absolute atomic E-state index is 5.83. The first-order valence-corrected chi connectivity index (χ1v) is 5.72. The largest absolute Gasteiger partial charge is 0.329 e. The highest BCUT2D eigenvalue weighted by atomic mass is 15.2. The molecule has 0 aliphatic carbocycles. The van der Waals surface area contributed by atoms with Crippen molar-refractivity contribution in [1.82, 2.24) is 4.90 Å². The summed E-state index contributed by atoms with van der Waals surface area (Å²) in [5.74, 6) is 0.763. The average Bonchev–Trinajstić information content (AvgIpc) is 2.14. The van der Waals surface area contributed by atoms with Gasteiger partial charge in [-0.3, -0.25) is 4.90 Å². The summed E-state index contributed by atoms with van der Waals surface area (Å²) in [6.45, 7) is 9.74. The van der Waals surface area contributed by atoms with E-state index in [-0.39, 0.29) is 0 Å². The lowest BCUT2D eigenvalue weighted by Crippen LogP contribution is -2.48. The van der Waals surface area contributed by atoms with Crippen molar-refractivity contribution in [2.45, 2.75) is 39.7 Å². The fraction of sp³-hybridized carbons (Fsp3) is 0.833. The third-order valence-electron chi connectivity index (χ3n) is 3.21. The molecule has 1 saturated heterocycles. The molecule has 1 aliphatic rings. The van der Waals surface area contributed by atoms with E-state index in [1.807, 2.05) is 0 Å². The molecule has 0 aromatic carbocycles. The summed E-state index contributed by atoms with van der Waals surface area (Å²) in [5, 5.41) is 0. The fourth-order valence-electron chi connectivity index (χ4n) is 2.24. The predicted octanol–water partition coefficient (Wildman–Crippen LogP) is 2.01. The second-order valence-electron chi connectivity index (χ2n) is 4.70. The molecule has 1 aliphatic heterocycles. The van der Waals surface area contributed by atoms with Crippen molar-refractivity contribution in [1.29, 1.82) is 0 Å². The summed E-state index contributed by atoms with van der Waals surface area (Å²) in [6, 6.07) is 0.597. The standard InChI is InChI=1S/C12H24N2/c1-10(2)6-8-14-7-4-5-11(3)12(14)9-13/h6,11-12H,4-5,7-9,13H2,1-3H3. The van der Waals surface area contributed by atoms with Crippen LogP contribution in [0.3, 0.4) is 0 Å². The van der Waals surface area contributed by atoms with Gasteiger partial charge in [-0.2, -0.15) is 0 Å². The first-order valence-electron chi connectivity index (χ1n) is 5.72. The minimum Gasteiger partial charge on any atom is -0.329 e. The molecule has 2 atom stereocenters. The Labute approximate surface area is 88.2 Å². The van der Waals surface area contributed by atoms with Gasteiger partial charge in [-0.1, -0.05) is 18.6 Å². The monoisotopic (exact) mass is 196 g/mol. The lowest BCUT2D eigenvalue weighted by molar-refractivity contribution is 0.120. The Morgan fingerprint density at radius 1 is 1.50 bits per heavy atom. The Morgan fingerprint density at radius 3 is 2.79 bits per heavy atom. The van der Waals surface area contributed by atoms with Crippen LogP contribution in [0, 0.1) is 5.92 Å². The summed E-state index contributed by atoms with van der Waals surface area (Å²) in [5.41, 5.74) is 7.23. The molecule has 0 saturated carbocycles. The van der Waals surface area contributed by atoms with E-state index >= 15 is 0 Å². The van der Waals surface area contributed by atoms with Gasteiger partial charge >= 0.3 is 0 Å². The molecule has 2 nitrogen and oxygen atoms in total. The van der Waals surface area contributed by atoms with Crippen molar-refractivity contribution in [3.8, 4) is 0 Å². The Balaban J connectivity index is 2.52. The number of likely N-dealkylation sites (tertiary alicyclic amines) is 1. The molecular weight excluding hydrogens is 172 g/mol. The second-order valence-corrected chi connectivity index (χ2v) is 4.70. The number of hydrogen-bond acceptors (Lipinski definition) is 2. The lowest BCUT2D eigenvalue weighted by atomic mass is 9.91. The van der Waals surface area contributed by atoms with Gasteiger partial charge in [0, 0.05) is 19.1 Å². The molecule has 0 spiro atoms. The average molecular weight is 196 g/mol. The summed E-state index contributed by atoms with van der Waals surface area (Å²) in [6.07, 6.45) is 4.97. The van der Waals surface area contributed by atoms with Crippen LogP contribution in [0.1, 0.15) is 33.6 Å². The first-order chi connectivity index (χ1) is 6.65. The van der Waals surface area contributed by atoms with E-state index in [9.17, 15) is 0 Å². The minimum atomic E-state index is 0.597. The SMILES string of the molecule is CC(C)=CCN1CCCC(C)C1CN. The normalized spacial score (nSPS) is 28.9. The number of nitrogens with zero attached hydrogens (tertiary/aromatic N) is 1. The Morgan fingerprint density at radius 2 is 2.21 bits per heavy atom. The van der Waals surface area contributed by atoms with Crippen LogP contribution in [0.4, 0.5) is 0 Å². The van der Waals surface area contributed by atoms with Crippen molar-refractivity contribution < 1.29 is 0 Å². The number of rotatable bonds is 3.